The van der Waals surface area contributed by atoms with E-state index in [1.807, 2.05) is 47.5 Å². The van der Waals surface area contributed by atoms with Gasteiger partial charge in [-0.25, -0.2) is 4.98 Å². The van der Waals surface area contributed by atoms with Crippen LogP contribution in [0.15, 0.2) is 58.3 Å². The first-order valence-electron chi connectivity index (χ1n) is 10.7. The number of aromatic nitrogens is 2. The normalized spacial score (nSPS) is 15.6. The first-order chi connectivity index (χ1) is 15.1. The highest BCUT2D eigenvalue weighted by Gasteiger charge is 2.25. The van der Waals surface area contributed by atoms with Crippen LogP contribution < -0.4 is 5.56 Å². The number of carbonyl (C=O) groups excluding carboxylic acids is 1. The lowest BCUT2D eigenvalue weighted by atomic mass is 10.1. The second kappa shape index (κ2) is 9.83. The summed E-state index contributed by atoms with van der Waals surface area (Å²) in [6.07, 6.45) is 6.20. The van der Waals surface area contributed by atoms with E-state index < -0.39 is 0 Å². The molecule has 1 fully saturated rings. The lowest BCUT2D eigenvalue weighted by Crippen LogP contribution is -2.37. The second-order valence-corrected chi connectivity index (χ2v) is 9.96. The Kier molecular flexibility index (Phi) is 6.92. The molecule has 0 aliphatic carbocycles. The van der Waals surface area contributed by atoms with Gasteiger partial charge in [-0.05, 0) is 25.3 Å². The molecule has 1 amide bonds. The van der Waals surface area contributed by atoms with E-state index >= 15 is 0 Å². The molecular weight excluding hydrogens is 426 g/mol. The number of carbonyl (C=O) groups is 1. The van der Waals surface area contributed by atoms with Crippen molar-refractivity contribution < 1.29 is 4.79 Å². The highest BCUT2D eigenvalue weighted by Crippen LogP contribution is 2.33. The first kappa shape index (κ1) is 21.8. The van der Waals surface area contributed by atoms with Crippen LogP contribution in [-0.4, -0.2) is 38.7 Å². The maximum absolute atomic E-state index is 13.5. The molecule has 4 rings (SSSR count). The fourth-order valence-electron chi connectivity index (χ4n) is 3.97. The van der Waals surface area contributed by atoms with Crippen molar-refractivity contribution >= 4 is 39.2 Å². The molecule has 0 bridgehead atoms. The summed E-state index contributed by atoms with van der Waals surface area (Å²) in [5.74, 6) is 0.127. The number of hydrogen-bond acceptors (Lipinski definition) is 5. The van der Waals surface area contributed by atoms with E-state index in [0.717, 1.165) is 37.1 Å². The number of benzene rings is 1. The average molecular weight is 454 g/mol. The summed E-state index contributed by atoms with van der Waals surface area (Å²) in [7, 11) is 0. The smallest absolute Gasteiger partial charge is 0.263 e. The monoisotopic (exact) mass is 453 g/mol. The predicted molar refractivity (Wildman–Crippen MR) is 130 cm³/mol. The summed E-state index contributed by atoms with van der Waals surface area (Å²) in [4.78, 5) is 34.0. The summed E-state index contributed by atoms with van der Waals surface area (Å²) in [6, 6.07) is 9.90. The number of rotatable bonds is 6. The number of thiophene rings is 1. The van der Waals surface area contributed by atoms with E-state index in [-0.39, 0.29) is 16.7 Å². The minimum absolute atomic E-state index is 0.0816. The third-order valence-electron chi connectivity index (χ3n) is 5.60. The van der Waals surface area contributed by atoms with Gasteiger partial charge in [-0.1, -0.05) is 61.0 Å². The van der Waals surface area contributed by atoms with E-state index in [2.05, 4.69) is 6.58 Å². The Bertz CT molecular complexity index is 1130. The van der Waals surface area contributed by atoms with Gasteiger partial charge in [0.25, 0.3) is 5.56 Å². The molecule has 3 heterocycles. The van der Waals surface area contributed by atoms with Crippen molar-refractivity contribution in [2.45, 2.75) is 49.6 Å². The number of hydrogen-bond donors (Lipinski definition) is 0. The molecule has 0 spiro atoms. The molecule has 7 heteroatoms. The van der Waals surface area contributed by atoms with Gasteiger partial charge in [0.1, 0.15) is 4.83 Å². The quantitative estimate of drug-likeness (QED) is 0.293. The maximum atomic E-state index is 13.5. The van der Waals surface area contributed by atoms with Crippen molar-refractivity contribution in [1.82, 2.24) is 14.5 Å². The van der Waals surface area contributed by atoms with Crippen molar-refractivity contribution in [3.63, 3.8) is 0 Å². The maximum Gasteiger partial charge on any atom is 0.263 e. The molecule has 31 heavy (non-hydrogen) atoms. The zero-order valence-corrected chi connectivity index (χ0v) is 19.4. The molecule has 1 aliphatic rings. The van der Waals surface area contributed by atoms with E-state index in [9.17, 15) is 9.59 Å². The van der Waals surface area contributed by atoms with E-state index in [4.69, 9.17) is 4.98 Å². The van der Waals surface area contributed by atoms with Crippen LogP contribution in [0.4, 0.5) is 0 Å². The molecule has 162 valence electrons. The zero-order chi connectivity index (χ0) is 21.8. The van der Waals surface area contributed by atoms with Crippen LogP contribution in [0, 0.1) is 0 Å². The third-order valence-corrected chi connectivity index (χ3v) is 7.55. The SMILES string of the molecule is C=CCn1c(SC(C)C(=O)N2CCCCCC2)nc2scc(-c3ccccc3)c2c1=O. The molecular formula is C24H27N3O2S2. The number of nitrogens with zero attached hydrogens (tertiary/aromatic N) is 3. The van der Waals surface area contributed by atoms with Crippen molar-refractivity contribution in [2.75, 3.05) is 13.1 Å². The molecule has 2 aromatic heterocycles. The molecule has 0 saturated carbocycles. The fraction of sp³-hybridized carbons (Fsp3) is 0.375. The van der Waals surface area contributed by atoms with Crippen LogP contribution in [0.2, 0.25) is 0 Å². The van der Waals surface area contributed by atoms with Crippen molar-refractivity contribution in [3.05, 3.63) is 58.7 Å². The van der Waals surface area contributed by atoms with Gasteiger partial charge in [0.05, 0.1) is 10.6 Å². The Labute approximate surface area is 190 Å². The molecule has 0 N–H and O–H groups in total. The topological polar surface area (TPSA) is 55.2 Å². The van der Waals surface area contributed by atoms with E-state index in [0.29, 0.717) is 21.9 Å². The van der Waals surface area contributed by atoms with Gasteiger partial charge in [0, 0.05) is 30.6 Å². The molecule has 5 nitrogen and oxygen atoms in total. The Morgan fingerprint density at radius 3 is 2.61 bits per heavy atom. The van der Waals surface area contributed by atoms with Crippen LogP contribution in [0.5, 0.6) is 0 Å². The van der Waals surface area contributed by atoms with Gasteiger partial charge < -0.3 is 4.90 Å². The molecule has 1 aromatic carbocycles. The third kappa shape index (κ3) is 4.62. The van der Waals surface area contributed by atoms with Crippen molar-refractivity contribution in [3.8, 4) is 11.1 Å². The Hall–Kier alpha value is -2.38. The van der Waals surface area contributed by atoms with Crippen LogP contribution in [0.3, 0.4) is 0 Å². The Morgan fingerprint density at radius 2 is 1.94 bits per heavy atom. The molecule has 1 atom stereocenters. The van der Waals surface area contributed by atoms with Crippen LogP contribution in [-0.2, 0) is 11.3 Å². The van der Waals surface area contributed by atoms with Crippen LogP contribution in [0.1, 0.15) is 32.6 Å². The van der Waals surface area contributed by atoms with Crippen molar-refractivity contribution in [2.24, 2.45) is 0 Å². The largest absolute Gasteiger partial charge is 0.342 e. The standard InChI is InChI=1S/C24H27N3O2S2/c1-3-13-27-23(29)20-19(18-11-7-6-8-12-18)16-30-21(20)25-24(27)31-17(2)22(28)26-14-9-4-5-10-15-26/h3,6-8,11-12,16-17H,1,4-5,9-10,13-15H2,2H3. The summed E-state index contributed by atoms with van der Waals surface area (Å²) < 4.78 is 1.64. The highest BCUT2D eigenvalue weighted by atomic mass is 32.2. The van der Waals surface area contributed by atoms with Crippen molar-refractivity contribution in [1.29, 1.82) is 0 Å². The van der Waals surface area contributed by atoms with Gasteiger partial charge in [-0.15, -0.1) is 17.9 Å². The molecule has 0 radical (unpaired) electrons. The Morgan fingerprint density at radius 1 is 1.23 bits per heavy atom. The lowest BCUT2D eigenvalue weighted by Gasteiger charge is -2.24. The van der Waals surface area contributed by atoms with Crippen LogP contribution >= 0.6 is 23.1 Å². The average Bonchev–Trinajstić information content (AvgIpc) is 3.02. The lowest BCUT2D eigenvalue weighted by molar-refractivity contribution is -0.130. The highest BCUT2D eigenvalue weighted by molar-refractivity contribution is 8.00. The fourth-order valence-corrected chi connectivity index (χ4v) is 5.96. The van der Waals surface area contributed by atoms with Gasteiger partial charge in [0.2, 0.25) is 5.91 Å². The van der Waals surface area contributed by atoms with Gasteiger partial charge in [0.15, 0.2) is 5.16 Å². The first-order valence-corrected chi connectivity index (χ1v) is 12.5. The minimum atomic E-state index is -0.299. The molecule has 3 aromatic rings. The number of likely N-dealkylation sites (tertiary alicyclic amines) is 1. The number of allylic oxidation sites excluding steroid dienone is 1. The van der Waals surface area contributed by atoms with Gasteiger partial charge in [-0.3, -0.25) is 14.2 Å². The molecule has 1 aliphatic heterocycles. The summed E-state index contributed by atoms with van der Waals surface area (Å²) >= 11 is 2.84. The predicted octanol–water partition coefficient (Wildman–Crippen LogP) is 5.19. The summed E-state index contributed by atoms with van der Waals surface area (Å²) in [5, 5.41) is 2.91. The number of thioether (sulfide) groups is 1. The molecule has 1 saturated heterocycles. The zero-order valence-electron chi connectivity index (χ0n) is 17.8. The summed E-state index contributed by atoms with van der Waals surface area (Å²) in [5.41, 5.74) is 1.82. The molecule has 1 unspecified atom stereocenters. The van der Waals surface area contributed by atoms with Gasteiger partial charge >= 0.3 is 0 Å². The van der Waals surface area contributed by atoms with E-state index in [1.54, 1.807) is 10.6 Å². The summed E-state index contributed by atoms with van der Waals surface area (Å²) in [6.45, 7) is 7.73. The Balaban J connectivity index is 1.69. The van der Waals surface area contributed by atoms with E-state index in [1.165, 1.54) is 35.9 Å². The number of fused-ring (bicyclic) bond motifs is 1. The minimum Gasteiger partial charge on any atom is -0.342 e. The van der Waals surface area contributed by atoms with Gasteiger partial charge in [-0.2, -0.15) is 0 Å². The second-order valence-electron chi connectivity index (χ2n) is 7.79. The number of amides is 1. The van der Waals surface area contributed by atoms with Crippen LogP contribution in [0.25, 0.3) is 21.3 Å².